The molecule has 1 aliphatic rings. The number of hydrogen-bond acceptors (Lipinski definition) is 4. The molecule has 0 saturated heterocycles. The molecule has 0 fully saturated rings. The fourth-order valence-electron chi connectivity index (χ4n) is 3.15. The van der Waals surface area contributed by atoms with Crippen LogP contribution in [0.15, 0.2) is 35.7 Å². The second-order valence-electron chi connectivity index (χ2n) is 5.68. The number of nitrogens with zero attached hydrogens (tertiary/aromatic N) is 3. The molecule has 2 aromatic rings. The van der Waals surface area contributed by atoms with Gasteiger partial charge in [0.1, 0.15) is 6.33 Å². The average Bonchev–Trinajstić information content (AvgIpc) is 2.89. The maximum Gasteiger partial charge on any atom is 0.191 e. The Kier molecular flexibility index (Phi) is 4.31. The lowest BCUT2D eigenvalue weighted by molar-refractivity contribution is 0.452. The minimum absolute atomic E-state index is 0.379. The molecular weight excluding hydrogens is 280 g/mol. The summed E-state index contributed by atoms with van der Waals surface area (Å²) in [6.45, 7) is 5.47. The van der Waals surface area contributed by atoms with E-state index in [9.17, 15) is 0 Å². The molecule has 0 spiro atoms. The van der Waals surface area contributed by atoms with Gasteiger partial charge in [0.05, 0.1) is 0 Å². The van der Waals surface area contributed by atoms with Gasteiger partial charge in [0.25, 0.3) is 0 Å². The monoisotopic (exact) mass is 302 g/mol. The molecule has 0 saturated carbocycles. The minimum Gasteiger partial charge on any atom is -0.312 e. The Hall–Kier alpha value is -1.33. The number of hydrogen-bond donors (Lipinski definition) is 1. The first-order valence-electron chi connectivity index (χ1n) is 7.53. The van der Waals surface area contributed by atoms with Crippen LogP contribution in [0.4, 0.5) is 0 Å². The van der Waals surface area contributed by atoms with Gasteiger partial charge in [-0.15, -0.1) is 10.2 Å². The molecule has 5 heteroatoms. The molecule has 1 aromatic heterocycles. The Bertz CT molecular complexity index is 610. The first kappa shape index (κ1) is 14.6. The summed E-state index contributed by atoms with van der Waals surface area (Å²) in [7, 11) is 2.00. The van der Waals surface area contributed by atoms with Crippen molar-refractivity contribution in [2.75, 3.05) is 6.54 Å². The first-order chi connectivity index (χ1) is 10.2. The van der Waals surface area contributed by atoms with Crippen molar-refractivity contribution >= 4 is 11.8 Å². The maximum absolute atomic E-state index is 4.23. The highest BCUT2D eigenvalue weighted by Gasteiger charge is 2.33. The zero-order chi connectivity index (χ0) is 14.8. The van der Waals surface area contributed by atoms with Crippen molar-refractivity contribution in [2.45, 2.75) is 42.6 Å². The van der Waals surface area contributed by atoms with Crippen molar-refractivity contribution in [2.24, 2.45) is 7.05 Å². The molecule has 0 radical (unpaired) electrons. The topological polar surface area (TPSA) is 42.7 Å². The molecule has 1 aromatic carbocycles. The van der Waals surface area contributed by atoms with Gasteiger partial charge in [0.15, 0.2) is 5.16 Å². The molecule has 0 bridgehead atoms. The van der Waals surface area contributed by atoms with E-state index in [1.54, 1.807) is 6.33 Å². The summed E-state index contributed by atoms with van der Waals surface area (Å²) in [5.41, 5.74) is 2.93. The third-order valence-electron chi connectivity index (χ3n) is 4.17. The number of thioether (sulfide) groups is 1. The molecule has 1 N–H and O–H groups in total. The summed E-state index contributed by atoms with van der Waals surface area (Å²) >= 11 is 1.84. The van der Waals surface area contributed by atoms with E-state index in [0.717, 1.165) is 18.1 Å². The van der Waals surface area contributed by atoms with Crippen LogP contribution in [0.3, 0.4) is 0 Å². The molecule has 112 valence electrons. The normalized spacial score (nSPS) is 24.8. The van der Waals surface area contributed by atoms with Gasteiger partial charge in [-0.1, -0.05) is 49.9 Å². The minimum atomic E-state index is 0.379. The molecule has 4 nitrogen and oxygen atoms in total. The van der Waals surface area contributed by atoms with Gasteiger partial charge in [0, 0.05) is 18.3 Å². The third-order valence-corrected chi connectivity index (χ3v) is 5.52. The van der Waals surface area contributed by atoms with Gasteiger partial charge in [-0.05, 0) is 30.0 Å². The van der Waals surface area contributed by atoms with Crippen LogP contribution in [0.1, 0.15) is 43.4 Å². The molecule has 21 heavy (non-hydrogen) atoms. The molecule has 1 aliphatic carbocycles. The number of rotatable bonds is 4. The van der Waals surface area contributed by atoms with Crippen LogP contribution < -0.4 is 5.32 Å². The van der Waals surface area contributed by atoms with Gasteiger partial charge in [-0.25, -0.2) is 0 Å². The van der Waals surface area contributed by atoms with Crippen LogP contribution in [0, 0.1) is 0 Å². The third kappa shape index (κ3) is 2.85. The molecule has 0 amide bonds. The SMILES string of the molecule is CCNC1c2ccccc2C(C)CC1Sc1nncn1C. The summed E-state index contributed by atoms with van der Waals surface area (Å²) in [6, 6.07) is 9.21. The van der Waals surface area contributed by atoms with Crippen LogP contribution in [-0.2, 0) is 7.05 Å². The Labute approximate surface area is 130 Å². The van der Waals surface area contributed by atoms with Crippen molar-refractivity contribution < 1.29 is 0 Å². The van der Waals surface area contributed by atoms with Crippen molar-refractivity contribution in [3.8, 4) is 0 Å². The molecule has 3 atom stereocenters. The van der Waals surface area contributed by atoms with Crippen molar-refractivity contribution in [1.82, 2.24) is 20.1 Å². The van der Waals surface area contributed by atoms with E-state index in [-0.39, 0.29) is 0 Å². The van der Waals surface area contributed by atoms with Crippen molar-refractivity contribution in [3.05, 3.63) is 41.7 Å². The van der Waals surface area contributed by atoms with Gasteiger partial charge >= 0.3 is 0 Å². The molecule has 1 heterocycles. The second kappa shape index (κ2) is 6.20. The van der Waals surface area contributed by atoms with E-state index in [1.807, 2.05) is 23.4 Å². The summed E-state index contributed by atoms with van der Waals surface area (Å²) < 4.78 is 2.00. The lowest BCUT2D eigenvalue weighted by Gasteiger charge is -2.36. The van der Waals surface area contributed by atoms with Crippen molar-refractivity contribution in [3.63, 3.8) is 0 Å². The number of fused-ring (bicyclic) bond motifs is 1. The smallest absolute Gasteiger partial charge is 0.191 e. The Morgan fingerprint density at radius 1 is 1.33 bits per heavy atom. The number of nitrogens with one attached hydrogen (secondary N) is 1. The van der Waals surface area contributed by atoms with Crippen LogP contribution in [0.2, 0.25) is 0 Å². The van der Waals surface area contributed by atoms with E-state index in [1.165, 1.54) is 11.1 Å². The predicted octanol–water partition coefficient (Wildman–Crippen LogP) is 3.13. The average molecular weight is 302 g/mol. The predicted molar refractivity (Wildman–Crippen MR) is 86.5 cm³/mol. The Balaban J connectivity index is 1.92. The van der Waals surface area contributed by atoms with Crippen LogP contribution in [-0.4, -0.2) is 26.6 Å². The Morgan fingerprint density at radius 2 is 2.10 bits per heavy atom. The summed E-state index contributed by atoms with van der Waals surface area (Å²) in [5, 5.41) is 13.4. The first-order valence-corrected chi connectivity index (χ1v) is 8.41. The largest absolute Gasteiger partial charge is 0.312 e. The number of aromatic nitrogens is 3. The molecule has 3 rings (SSSR count). The van der Waals surface area contributed by atoms with E-state index in [0.29, 0.717) is 17.2 Å². The zero-order valence-electron chi connectivity index (χ0n) is 12.8. The highest BCUT2D eigenvalue weighted by molar-refractivity contribution is 7.99. The van der Waals surface area contributed by atoms with Crippen LogP contribution in [0.5, 0.6) is 0 Å². The summed E-state index contributed by atoms with van der Waals surface area (Å²) in [5.74, 6) is 0.585. The molecule has 0 aliphatic heterocycles. The van der Waals surface area contributed by atoms with Crippen LogP contribution in [0.25, 0.3) is 0 Å². The standard InChI is InChI=1S/C16H22N4S/c1-4-17-15-13-8-6-5-7-12(13)11(2)9-14(15)21-16-19-18-10-20(16)3/h5-8,10-11,14-15,17H,4,9H2,1-3H3. The van der Waals surface area contributed by atoms with E-state index in [2.05, 4.69) is 53.6 Å². The second-order valence-corrected chi connectivity index (χ2v) is 6.89. The highest BCUT2D eigenvalue weighted by Crippen LogP contribution is 2.44. The highest BCUT2D eigenvalue weighted by atomic mass is 32.2. The molecular formula is C16H22N4S. The van der Waals surface area contributed by atoms with E-state index < -0.39 is 0 Å². The van der Waals surface area contributed by atoms with Crippen LogP contribution >= 0.6 is 11.8 Å². The van der Waals surface area contributed by atoms with Gasteiger partial charge < -0.3 is 9.88 Å². The number of benzene rings is 1. The quantitative estimate of drug-likeness (QED) is 0.942. The van der Waals surface area contributed by atoms with E-state index in [4.69, 9.17) is 0 Å². The molecule has 3 unspecified atom stereocenters. The maximum atomic E-state index is 4.23. The summed E-state index contributed by atoms with van der Waals surface area (Å²) in [4.78, 5) is 0. The summed E-state index contributed by atoms with van der Waals surface area (Å²) in [6.07, 6.45) is 2.93. The van der Waals surface area contributed by atoms with Gasteiger partial charge in [-0.3, -0.25) is 0 Å². The van der Waals surface area contributed by atoms with E-state index >= 15 is 0 Å². The van der Waals surface area contributed by atoms with Gasteiger partial charge in [0.2, 0.25) is 0 Å². The van der Waals surface area contributed by atoms with Crippen molar-refractivity contribution in [1.29, 1.82) is 0 Å². The fourth-order valence-corrected chi connectivity index (χ4v) is 4.49. The lowest BCUT2D eigenvalue weighted by atomic mass is 9.80. The van der Waals surface area contributed by atoms with Gasteiger partial charge in [-0.2, -0.15) is 0 Å². The fraction of sp³-hybridized carbons (Fsp3) is 0.500. The lowest BCUT2D eigenvalue weighted by Crippen LogP contribution is -2.35. The number of aryl methyl sites for hydroxylation is 1. The Morgan fingerprint density at radius 3 is 2.76 bits per heavy atom. The zero-order valence-corrected chi connectivity index (χ0v) is 13.6.